The van der Waals surface area contributed by atoms with Crippen LogP contribution in [0.1, 0.15) is 60.3 Å². The molecule has 0 atom stereocenters. The van der Waals surface area contributed by atoms with Crippen molar-refractivity contribution in [2.45, 2.75) is 65.9 Å². The van der Waals surface area contributed by atoms with Gasteiger partial charge in [-0.2, -0.15) is 0 Å². The number of anilines is 2. The van der Waals surface area contributed by atoms with Gasteiger partial charge in [0.15, 0.2) is 0 Å². The first kappa shape index (κ1) is 23.1. The maximum Gasteiger partial charge on any atom is 0.328 e. The van der Waals surface area contributed by atoms with Crippen LogP contribution in [0.3, 0.4) is 0 Å². The molecule has 7 heteroatoms. The van der Waals surface area contributed by atoms with Gasteiger partial charge in [-0.3, -0.25) is 19.8 Å². The van der Waals surface area contributed by atoms with Crippen molar-refractivity contribution in [3.8, 4) is 0 Å². The number of nitrogens with zero attached hydrogens (tertiary/aromatic N) is 2. The fraction of sp³-hybridized carbons (Fsp3) is 0.625. The third kappa shape index (κ3) is 6.21. The van der Waals surface area contributed by atoms with Gasteiger partial charge in [-0.15, -0.1) is 0 Å². The van der Waals surface area contributed by atoms with Gasteiger partial charge in [-0.1, -0.05) is 20.8 Å². The maximum absolute atomic E-state index is 12.7. The van der Waals surface area contributed by atoms with Crippen LogP contribution >= 0.6 is 0 Å². The molecule has 0 bridgehead atoms. The molecule has 1 aromatic rings. The smallest absolute Gasteiger partial charge is 0.328 e. The summed E-state index contributed by atoms with van der Waals surface area (Å²) in [5, 5.41) is 2.34. The van der Waals surface area contributed by atoms with E-state index in [-0.39, 0.29) is 29.2 Å². The number of rotatable bonds is 5. The second-order valence-electron chi connectivity index (χ2n) is 10.5. The molecule has 0 aliphatic carbocycles. The fourth-order valence-corrected chi connectivity index (χ4v) is 4.70. The standard InChI is InChI=1S/C24H35N3O4/c1-23(2,3)16-24(4,5)31-21(29)17-10-13-26(14-11-17)18-6-8-19(9-7-18)27-15-12-20(28)25-22(27)30/h6-9,17H,10-16H2,1-5H3,(H,25,28,30). The minimum atomic E-state index is -0.465. The lowest BCUT2D eigenvalue weighted by atomic mass is 9.83. The number of ether oxygens (including phenoxy) is 1. The van der Waals surface area contributed by atoms with Crippen LogP contribution in [0, 0.1) is 11.3 Å². The van der Waals surface area contributed by atoms with Crippen molar-refractivity contribution >= 4 is 29.3 Å². The molecule has 1 N–H and O–H groups in total. The molecule has 2 saturated heterocycles. The molecular weight excluding hydrogens is 394 g/mol. The highest BCUT2D eigenvalue weighted by molar-refractivity contribution is 6.05. The molecule has 3 rings (SSSR count). The van der Waals surface area contributed by atoms with Crippen molar-refractivity contribution in [3.05, 3.63) is 24.3 Å². The average Bonchev–Trinajstić information content (AvgIpc) is 2.66. The maximum atomic E-state index is 12.7. The van der Waals surface area contributed by atoms with Crippen molar-refractivity contribution in [1.29, 1.82) is 0 Å². The molecule has 31 heavy (non-hydrogen) atoms. The number of piperidine rings is 1. The predicted molar refractivity (Wildman–Crippen MR) is 121 cm³/mol. The summed E-state index contributed by atoms with van der Waals surface area (Å²) in [7, 11) is 0. The number of amides is 3. The lowest BCUT2D eigenvalue weighted by Gasteiger charge is -2.36. The first-order chi connectivity index (χ1) is 14.4. The van der Waals surface area contributed by atoms with Crippen molar-refractivity contribution < 1.29 is 19.1 Å². The predicted octanol–water partition coefficient (Wildman–Crippen LogP) is 4.11. The number of benzene rings is 1. The van der Waals surface area contributed by atoms with Gasteiger partial charge in [-0.05, 0) is 62.8 Å². The molecular formula is C24H35N3O4. The topological polar surface area (TPSA) is 79.0 Å². The highest BCUT2D eigenvalue weighted by atomic mass is 16.6. The number of hydrogen-bond acceptors (Lipinski definition) is 5. The number of esters is 1. The van der Waals surface area contributed by atoms with Gasteiger partial charge in [0.05, 0.1) is 5.92 Å². The second kappa shape index (κ2) is 8.89. The number of nitrogens with one attached hydrogen (secondary N) is 1. The van der Waals surface area contributed by atoms with Crippen LogP contribution in [-0.4, -0.2) is 43.1 Å². The molecule has 2 aliphatic heterocycles. The average molecular weight is 430 g/mol. The summed E-state index contributed by atoms with van der Waals surface area (Å²) in [6.07, 6.45) is 2.66. The van der Waals surface area contributed by atoms with Crippen LogP contribution in [0.15, 0.2) is 24.3 Å². The van der Waals surface area contributed by atoms with Gasteiger partial charge in [0.1, 0.15) is 5.60 Å². The van der Waals surface area contributed by atoms with Gasteiger partial charge in [0.2, 0.25) is 5.91 Å². The summed E-state index contributed by atoms with van der Waals surface area (Å²) in [6.45, 7) is 12.4. The van der Waals surface area contributed by atoms with E-state index in [2.05, 4.69) is 31.0 Å². The van der Waals surface area contributed by atoms with Gasteiger partial charge < -0.3 is 9.64 Å². The Morgan fingerprint density at radius 3 is 2.13 bits per heavy atom. The van der Waals surface area contributed by atoms with Crippen molar-refractivity contribution in [2.75, 3.05) is 29.4 Å². The zero-order valence-electron chi connectivity index (χ0n) is 19.4. The van der Waals surface area contributed by atoms with E-state index in [1.165, 1.54) is 0 Å². The van der Waals surface area contributed by atoms with E-state index in [9.17, 15) is 14.4 Å². The summed E-state index contributed by atoms with van der Waals surface area (Å²) >= 11 is 0. The van der Waals surface area contributed by atoms with E-state index in [1.54, 1.807) is 4.90 Å². The Kier molecular flexibility index (Phi) is 6.62. The van der Waals surface area contributed by atoms with Crippen LogP contribution in [-0.2, 0) is 14.3 Å². The molecule has 1 aromatic carbocycles. The van der Waals surface area contributed by atoms with Crippen LogP contribution < -0.4 is 15.1 Å². The number of hydrogen-bond donors (Lipinski definition) is 1. The van der Waals surface area contributed by atoms with Gasteiger partial charge >= 0.3 is 12.0 Å². The number of urea groups is 1. The number of carbonyl (C=O) groups excluding carboxylic acids is 3. The number of imide groups is 1. The van der Waals surface area contributed by atoms with Crippen molar-refractivity contribution in [3.63, 3.8) is 0 Å². The van der Waals surface area contributed by atoms with Gasteiger partial charge in [-0.25, -0.2) is 4.79 Å². The molecule has 2 fully saturated rings. The fourth-order valence-electron chi connectivity index (χ4n) is 4.70. The first-order valence-electron chi connectivity index (χ1n) is 11.1. The third-order valence-electron chi connectivity index (χ3n) is 5.74. The zero-order chi connectivity index (χ0) is 22.8. The number of carbonyl (C=O) groups is 3. The Balaban J connectivity index is 1.53. The van der Waals surface area contributed by atoms with Crippen LogP contribution in [0.5, 0.6) is 0 Å². The molecule has 2 heterocycles. The quantitative estimate of drug-likeness (QED) is 0.713. The van der Waals surface area contributed by atoms with E-state index in [1.807, 2.05) is 38.1 Å². The van der Waals surface area contributed by atoms with Crippen LogP contribution in [0.2, 0.25) is 0 Å². The van der Waals surface area contributed by atoms with Crippen molar-refractivity contribution in [1.82, 2.24) is 5.32 Å². The van der Waals surface area contributed by atoms with Gasteiger partial charge in [0.25, 0.3) is 0 Å². The minimum Gasteiger partial charge on any atom is -0.459 e. The molecule has 0 unspecified atom stereocenters. The van der Waals surface area contributed by atoms with E-state index in [4.69, 9.17) is 4.74 Å². The largest absolute Gasteiger partial charge is 0.459 e. The summed E-state index contributed by atoms with van der Waals surface area (Å²) < 4.78 is 5.87. The minimum absolute atomic E-state index is 0.0654. The molecule has 0 aromatic heterocycles. The Labute approximate surface area is 185 Å². The Morgan fingerprint density at radius 1 is 1.00 bits per heavy atom. The lowest BCUT2D eigenvalue weighted by molar-refractivity contribution is -0.164. The van der Waals surface area contributed by atoms with Crippen LogP contribution in [0.25, 0.3) is 0 Å². The van der Waals surface area contributed by atoms with E-state index < -0.39 is 5.60 Å². The molecule has 0 radical (unpaired) electrons. The SMILES string of the molecule is CC(C)(C)CC(C)(C)OC(=O)C1CCN(c2ccc(N3CCC(=O)NC3=O)cc2)CC1. The summed E-state index contributed by atoms with van der Waals surface area (Å²) in [6, 6.07) is 7.41. The highest BCUT2D eigenvalue weighted by Crippen LogP contribution is 2.32. The van der Waals surface area contributed by atoms with E-state index in [0.717, 1.165) is 43.7 Å². The molecule has 7 nitrogen and oxygen atoms in total. The molecule has 0 spiro atoms. The van der Waals surface area contributed by atoms with E-state index >= 15 is 0 Å². The summed E-state index contributed by atoms with van der Waals surface area (Å²) in [4.78, 5) is 39.9. The van der Waals surface area contributed by atoms with E-state index in [0.29, 0.717) is 13.0 Å². The van der Waals surface area contributed by atoms with Crippen molar-refractivity contribution in [2.24, 2.45) is 11.3 Å². The highest BCUT2D eigenvalue weighted by Gasteiger charge is 2.33. The Hall–Kier alpha value is -2.57. The normalized spacial score (nSPS) is 18.7. The molecule has 0 saturated carbocycles. The molecule has 3 amide bonds. The zero-order valence-corrected chi connectivity index (χ0v) is 19.4. The summed E-state index contributed by atoms with van der Waals surface area (Å²) in [5.74, 6) is -0.389. The molecule has 170 valence electrons. The monoisotopic (exact) mass is 429 g/mol. The Morgan fingerprint density at radius 2 is 1.58 bits per heavy atom. The second-order valence-corrected chi connectivity index (χ2v) is 10.5. The molecule has 2 aliphatic rings. The summed E-state index contributed by atoms with van der Waals surface area (Å²) in [5.41, 5.74) is 1.47. The third-order valence-corrected chi connectivity index (χ3v) is 5.74. The Bertz CT molecular complexity index is 818. The first-order valence-corrected chi connectivity index (χ1v) is 11.1. The van der Waals surface area contributed by atoms with Crippen LogP contribution in [0.4, 0.5) is 16.2 Å². The van der Waals surface area contributed by atoms with Gasteiger partial charge in [0, 0.05) is 37.4 Å². The lowest BCUT2D eigenvalue weighted by Crippen LogP contribution is -2.49.